The molecular weight excluding hydrogens is 663 g/mol. The van der Waals surface area contributed by atoms with Crippen LogP contribution in [0.4, 0.5) is 0 Å². The van der Waals surface area contributed by atoms with E-state index in [-0.39, 0.29) is 0 Å². The Bertz CT molecular complexity index is 3220. The van der Waals surface area contributed by atoms with Crippen molar-refractivity contribution in [2.24, 2.45) is 0 Å². The molecule has 11 aromatic rings. The summed E-state index contributed by atoms with van der Waals surface area (Å²) in [6.45, 7) is 0. The van der Waals surface area contributed by atoms with E-state index in [1.807, 2.05) is 72.8 Å². The first-order valence-electron chi connectivity index (χ1n) is 18.0. The molecule has 8 aromatic carbocycles. The lowest BCUT2D eigenvalue weighted by Gasteiger charge is -2.11. The minimum absolute atomic E-state index is 0.562. The molecule has 0 saturated heterocycles. The molecule has 3 heterocycles. The fourth-order valence-electron chi connectivity index (χ4n) is 7.65. The average molecular weight is 692 g/mol. The zero-order valence-corrected chi connectivity index (χ0v) is 28.9. The Morgan fingerprint density at radius 2 is 0.815 bits per heavy atom. The molecule has 252 valence electrons. The zero-order valence-electron chi connectivity index (χ0n) is 28.9. The number of nitrogens with zero attached hydrogens (tertiary/aromatic N) is 3. The number of rotatable bonds is 5. The van der Waals surface area contributed by atoms with Crippen LogP contribution in [0.25, 0.3) is 111 Å². The van der Waals surface area contributed by atoms with Gasteiger partial charge in [0.1, 0.15) is 22.3 Å². The molecule has 11 rings (SSSR count). The first kappa shape index (κ1) is 30.3. The molecule has 0 bridgehead atoms. The van der Waals surface area contributed by atoms with Gasteiger partial charge in [-0.05, 0) is 81.6 Å². The Kier molecular flexibility index (Phi) is 6.79. The highest BCUT2D eigenvalue weighted by Gasteiger charge is 2.20. The van der Waals surface area contributed by atoms with Gasteiger partial charge in [0.15, 0.2) is 17.5 Å². The first-order valence-corrected chi connectivity index (χ1v) is 18.0. The van der Waals surface area contributed by atoms with Crippen molar-refractivity contribution in [3.63, 3.8) is 0 Å². The fourth-order valence-corrected chi connectivity index (χ4v) is 7.65. The Morgan fingerprint density at radius 3 is 1.57 bits per heavy atom. The largest absolute Gasteiger partial charge is 0.456 e. The van der Waals surface area contributed by atoms with E-state index in [1.54, 1.807) is 0 Å². The standard InChI is InChI=1S/C49H29N3O2/c1-3-11-30(12-4-1)32-19-20-34-26-36(22-21-33(34)25-32)48-50-47(31-13-5-2-6-14-31)51-49(52-48)37-27-41(46-40-16-8-10-18-43(40)54-45(46)29-37)35-23-24-39-38-15-7-9-17-42(38)53-44(39)28-35/h1-29H. The molecule has 54 heavy (non-hydrogen) atoms. The van der Waals surface area contributed by atoms with E-state index < -0.39 is 0 Å². The van der Waals surface area contributed by atoms with Crippen molar-refractivity contribution in [3.05, 3.63) is 176 Å². The highest BCUT2D eigenvalue weighted by molar-refractivity contribution is 6.14. The van der Waals surface area contributed by atoms with Crippen molar-refractivity contribution in [1.82, 2.24) is 15.0 Å². The fraction of sp³-hybridized carbons (Fsp3) is 0. The second kappa shape index (κ2) is 12.1. The van der Waals surface area contributed by atoms with Crippen molar-refractivity contribution < 1.29 is 8.83 Å². The van der Waals surface area contributed by atoms with E-state index in [2.05, 4.69) is 103 Å². The molecule has 0 N–H and O–H groups in total. The first-order chi connectivity index (χ1) is 26.7. The van der Waals surface area contributed by atoms with Crippen LogP contribution in [0.15, 0.2) is 185 Å². The van der Waals surface area contributed by atoms with Crippen LogP contribution in [-0.4, -0.2) is 15.0 Å². The Labute approximate surface area is 309 Å². The summed E-state index contributed by atoms with van der Waals surface area (Å²) in [5.74, 6) is 1.76. The van der Waals surface area contributed by atoms with Gasteiger partial charge < -0.3 is 8.83 Å². The number of para-hydroxylation sites is 2. The second-order valence-electron chi connectivity index (χ2n) is 13.6. The summed E-state index contributed by atoms with van der Waals surface area (Å²) >= 11 is 0. The van der Waals surface area contributed by atoms with Gasteiger partial charge in [-0.3, -0.25) is 0 Å². The number of furan rings is 2. The third-order valence-electron chi connectivity index (χ3n) is 10.3. The van der Waals surface area contributed by atoms with Gasteiger partial charge in [0.05, 0.1) is 0 Å². The van der Waals surface area contributed by atoms with Crippen molar-refractivity contribution in [3.8, 4) is 56.4 Å². The summed E-state index contributed by atoms with van der Waals surface area (Å²) in [6.07, 6.45) is 0. The second-order valence-corrected chi connectivity index (χ2v) is 13.6. The van der Waals surface area contributed by atoms with Crippen LogP contribution in [0.1, 0.15) is 0 Å². The van der Waals surface area contributed by atoms with E-state index in [0.29, 0.717) is 17.5 Å². The SMILES string of the molecule is c1ccc(-c2ccc3cc(-c4nc(-c5ccccc5)nc(-c5cc(-c6ccc7c(c6)oc6ccccc67)c6c(c5)oc5ccccc56)n4)ccc3c2)cc1. The lowest BCUT2D eigenvalue weighted by molar-refractivity contribution is 0.668. The molecule has 0 spiro atoms. The van der Waals surface area contributed by atoms with Gasteiger partial charge in [0, 0.05) is 38.2 Å². The van der Waals surface area contributed by atoms with Crippen molar-refractivity contribution in [2.45, 2.75) is 0 Å². The van der Waals surface area contributed by atoms with Gasteiger partial charge in [-0.25, -0.2) is 15.0 Å². The minimum atomic E-state index is 0.562. The molecule has 0 radical (unpaired) electrons. The van der Waals surface area contributed by atoms with Crippen molar-refractivity contribution in [1.29, 1.82) is 0 Å². The monoisotopic (exact) mass is 691 g/mol. The summed E-state index contributed by atoms with van der Waals surface area (Å²) in [4.78, 5) is 15.3. The zero-order chi connectivity index (χ0) is 35.6. The third-order valence-corrected chi connectivity index (χ3v) is 10.3. The van der Waals surface area contributed by atoms with Crippen LogP contribution in [-0.2, 0) is 0 Å². The lowest BCUT2D eigenvalue weighted by atomic mass is 9.96. The molecule has 0 aliphatic heterocycles. The molecule has 3 aromatic heterocycles. The van der Waals surface area contributed by atoms with Gasteiger partial charge in [-0.15, -0.1) is 0 Å². The number of hydrogen-bond donors (Lipinski definition) is 0. The maximum Gasteiger partial charge on any atom is 0.164 e. The van der Waals surface area contributed by atoms with Crippen LogP contribution < -0.4 is 0 Å². The molecule has 0 unspecified atom stereocenters. The lowest BCUT2D eigenvalue weighted by Crippen LogP contribution is -2.00. The predicted molar refractivity (Wildman–Crippen MR) is 219 cm³/mol. The molecule has 0 atom stereocenters. The van der Waals surface area contributed by atoms with Gasteiger partial charge in [-0.1, -0.05) is 127 Å². The molecule has 0 amide bonds. The van der Waals surface area contributed by atoms with Gasteiger partial charge in [0.25, 0.3) is 0 Å². The Balaban J connectivity index is 1.11. The van der Waals surface area contributed by atoms with Crippen molar-refractivity contribution >= 4 is 54.6 Å². The normalized spacial score (nSPS) is 11.7. The summed E-state index contributed by atoms with van der Waals surface area (Å²) in [5.41, 5.74) is 10.3. The summed E-state index contributed by atoms with van der Waals surface area (Å²) < 4.78 is 12.9. The highest BCUT2D eigenvalue weighted by atomic mass is 16.3. The van der Waals surface area contributed by atoms with E-state index >= 15 is 0 Å². The predicted octanol–water partition coefficient (Wildman–Crippen LogP) is 13.2. The van der Waals surface area contributed by atoms with Crippen LogP contribution >= 0.6 is 0 Å². The van der Waals surface area contributed by atoms with Crippen LogP contribution in [0.5, 0.6) is 0 Å². The Hall–Kier alpha value is -7.37. The molecule has 5 heteroatoms. The summed E-state index contributed by atoms with van der Waals surface area (Å²) in [5, 5.41) is 6.53. The molecule has 5 nitrogen and oxygen atoms in total. The topological polar surface area (TPSA) is 65.0 Å². The van der Waals surface area contributed by atoms with Gasteiger partial charge in [-0.2, -0.15) is 0 Å². The summed E-state index contributed by atoms with van der Waals surface area (Å²) in [6, 6.07) is 60.5. The van der Waals surface area contributed by atoms with Crippen LogP contribution in [0.3, 0.4) is 0 Å². The highest BCUT2D eigenvalue weighted by Crippen LogP contribution is 2.42. The van der Waals surface area contributed by atoms with Gasteiger partial charge >= 0.3 is 0 Å². The quantitative estimate of drug-likeness (QED) is 0.180. The smallest absolute Gasteiger partial charge is 0.164 e. The average Bonchev–Trinajstić information content (AvgIpc) is 3.81. The van der Waals surface area contributed by atoms with E-state index in [1.165, 1.54) is 11.1 Å². The molecule has 0 saturated carbocycles. The maximum atomic E-state index is 6.54. The maximum absolute atomic E-state index is 6.54. The van der Waals surface area contributed by atoms with E-state index in [4.69, 9.17) is 23.8 Å². The van der Waals surface area contributed by atoms with Gasteiger partial charge in [0.2, 0.25) is 0 Å². The van der Waals surface area contributed by atoms with E-state index in [9.17, 15) is 0 Å². The number of benzene rings is 8. The molecule has 0 aliphatic carbocycles. The number of aromatic nitrogens is 3. The molecular formula is C49H29N3O2. The van der Waals surface area contributed by atoms with Crippen LogP contribution in [0.2, 0.25) is 0 Å². The minimum Gasteiger partial charge on any atom is -0.456 e. The van der Waals surface area contributed by atoms with Crippen molar-refractivity contribution in [2.75, 3.05) is 0 Å². The number of hydrogen-bond acceptors (Lipinski definition) is 5. The van der Waals surface area contributed by atoms with Crippen LogP contribution in [0, 0.1) is 0 Å². The molecule has 0 aliphatic rings. The molecule has 0 fully saturated rings. The Morgan fingerprint density at radius 1 is 0.296 bits per heavy atom. The summed E-state index contributed by atoms with van der Waals surface area (Å²) in [7, 11) is 0. The number of fused-ring (bicyclic) bond motifs is 7. The third kappa shape index (κ3) is 5.06. The van der Waals surface area contributed by atoms with E-state index in [0.717, 1.165) is 82.5 Å².